The zero-order valence-electron chi connectivity index (χ0n) is 17.9. The molecule has 1 aromatic heterocycles. The summed E-state index contributed by atoms with van der Waals surface area (Å²) in [5, 5.41) is 4.06. The second kappa shape index (κ2) is 9.29. The maximum atomic E-state index is 12.8. The van der Waals surface area contributed by atoms with E-state index < -0.39 is 0 Å². The Morgan fingerprint density at radius 1 is 1.27 bits per heavy atom. The number of alkyl halides is 1. The molecule has 2 aliphatic rings. The summed E-state index contributed by atoms with van der Waals surface area (Å²) < 4.78 is 23.1. The van der Waals surface area contributed by atoms with Gasteiger partial charge in [0.1, 0.15) is 5.76 Å². The molecule has 30 heavy (non-hydrogen) atoms. The summed E-state index contributed by atoms with van der Waals surface area (Å²) in [5.74, 6) is 0.670. The minimum Gasteiger partial charge on any atom is -0.469 e. The number of methoxy groups -OCH3 is 1. The van der Waals surface area contributed by atoms with E-state index in [4.69, 9.17) is 9.26 Å². The molecule has 6 heteroatoms. The van der Waals surface area contributed by atoms with Crippen molar-refractivity contribution in [1.29, 1.82) is 0 Å². The number of hydrogen-bond donors (Lipinski definition) is 0. The van der Waals surface area contributed by atoms with Crippen molar-refractivity contribution >= 4 is 5.97 Å². The monoisotopic (exact) mass is 414 g/mol. The number of halogens is 1. The van der Waals surface area contributed by atoms with E-state index >= 15 is 0 Å². The highest BCUT2D eigenvalue weighted by Gasteiger charge is 2.50. The van der Waals surface area contributed by atoms with E-state index in [0.717, 1.165) is 50.1 Å². The van der Waals surface area contributed by atoms with E-state index in [2.05, 4.69) is 34.3 Å². The predicted molar refractivity (Wildman–Crippen MR) is 112 cm³/mol. The fraction of sp³-hybridized carbons (Fsp3) is 0.583. The highest BCUT2D eigenvalue weighted by atomic mass is 19.1. The molecule has 0 spiro atoms. The maximum Gasteiger partial charge on any atom is 0.310 e. The Morgan fingerprint density at radius 2 is 2.07 bits per heavy atom. The standard InChI is InChI=1S/C24H31FN2O3/c1-16-14-19(26-30-16)9-6-17-4-7-18(8-5-17)21-15-20-10-11-22(23(21)24(28)29-2)27(20)13-3-12-25/h4-5,7-8,14,20-23H,3,6,9-13,15H2,1-2H3. The van der Waals surface area contributed by atoms with Crippen LogP contribution in [0, 0.1) is 12.8 Å². The molecule has 5 nitrogen and oxygen atoms in total. The normalized spacial score (nSPS) is 26.1. The van der Waals surface area contributed by atoms with Crippen molar-refractivity contribution in [2.24, 2.45) is 5.92 Å². The first-order valence-electron chi connectivity index (χ1n) is 11.0. The summed E-state index contributed by atoms with van der Waals surface area (Å²) >= 11 is 0. The summed E-state index contributed by atoms with van der Waals surface area (Å²) in [6.45, 7) is 2.32. The van der Waals surface area contributed by atoms with Crippen molar-refractivity contribution < 1.29 is 18.4 Å². The molecule has 4 unspecified atom stereocenters. The Hall–Kier alpha value is -2.21. The van der Waals surface area contributed by atoms with E-state index in [1.807, 2.05) is 13.0 Å². The van der Waals surface area contributed by atoms with Gasteiger partial charge in [0.05, 0.1) is 25.4 Å². The van der Waals surface area contributed by atoms with Gasteiger partial charge >= 0.3 is 5.97 Å². The number of carbonyl (C=O) groups excluding carboxylic acids is 1. The molecule has 3 heterocycles. The zero-order valence-corrected chi connectivity index (χ0v) is 17.9. The Morgan fingerprint density at radius 3 is 2.73 bits per heavy atom. The largest absolute Gasteiger partial charge is 0.469 e. The molecule has 162 valence electrons. The van der Waals surface area contributed by atoms with Crippen LogP contribution in [0.15, 0.2) is 34.9 Å². The molecular formula is C24H31FN2O3. The lowest BCUT2D eigenvalue weighted by Gasteiger charge is -2.43. The van der Waals surface area contributed by atoms with Gasteiger partial charge in [-0.15, -0.1) is 0 Å². The molecule has 2 saturated heterocycles. The van der Waals surface area contributed by atoms with Crippen molar-refractivity contribution in [2.45, 2.75) is 63.5 Å². The number of fused-ring (bicyclic) bond motifs is 2. The lowest BCUT2D eigenvalue weighted by Crippen LogP contribution is -2.51. The first kappa shape index (κ1) is 21.0. The van der Waals surface area contributed by atoms with E-state index in [0.29, 0.717) is 12.5 Å². The topological polar surface area (TPSA) is 55.6 Å². The van der Waals surface area contributed by atoms with Gasteiger partial charge in [-0.05, 0) is 56.6 Å². The average molecular weight is 415 g/mol. The molecule has 4 rings (SSSR count). The molecule has 0 saturated carbocycles. The first-order valence-corrected chi connectivity index (χ1v) is 11.0. The van der Waals surface area contributed by atoms with Crippen LogP contribution in [-0.4, -0.2) is 48.4 Å². The second-order valence-corrected chi connectivity index (χ2v) is 8.64. The number of carbonyl (C=O) groups is 1. The fourth-order valence-electron chi connectivity index (χ4n) is 5.44. The molecule has 2 fully saturated rings. The van der Waals surface area contributed by atoms with Crippen LogP contribution in [-0.2, 0) is 22.4 Å². The van der Waals surface area contributed by atoms with Gasteiger partial charge in [0, 0.05) is 30.6 Å². The lowest BCUT2D eigenvalue weighted by molar-refractivity contribution is -0.150. The number of benzene rings is 1. The lowest BCUT2D eigenvalue weighted by atomic mass is 9.75. The van der Waals surface area contributed by atoms with Gasteiger partial charge in [0.2, 0.25) is 0 Å². The molecule has 0 N–H and O–H groups in total. The molecule has 0 aliphatic carbocycles. The van der Waals surface area contributed by atoms with Crippen molar-refractivity contribution in [1.82, 2.24) is 10.1 Å². The molecule has 0 amide bonds. The highest BCUT2D eigenvalue weighted by molar-refractivity contribution is 5.75. The Balaban J connectivity index is 1.48. The average Bonchev–Trinajstić information content (AvgIpc) is 3.30. The molecule has 0 radical (unpaired) electrons. The van der Waals surface area contributed by atoms with Crippen LogP contribution in [0.4, 0.5) is 4.39 Å². The fourth-order valence-corrected chi connectivity index (χ4v) is 5.44. The smallest absolute Gasteiger partial charge is 0.310 e. The van der Waals surface area contributed by atoms with Crippen molar-refractivity contribution in [3.63, 3.8) is 0 Å². The number of aromatic nitrogens is 1. The van der Waals surface area contributed by atoms with Gasteiger partial charge in [0.25, 0.3) is 0 Å². The molecule has 2 aliphatic heterocycles. The third kappa shape index (κ3) is 4.29. The van der Waals surface area contributed by atoms with Crippen LogP contribution in [0.3, 0.4) is 0 Å². The molecule has 1 aromatic carbocycles. The zero-order chi connectivity index (χ0) is 21.1. The van der Waals surface area contributed by atoms with Gasteiger partial charge in [-0.3, -0.25) is 14.1 Å². The van der Waals surface area contributed by atoms with E-state index in [-0.39, 0.29) is 30.5 Å². The number of rotatable bonds is 8. The predicted octanol–water partition coefficient (Wildman–Crippen LogP) is 4.24. The quantitative estimate of drug-likeness (QED) is 0.605. The van der Waals surface area contributed by atoms with E-state index in [1.165, 1.54) is 18.2 Å². The van der Waals surface area contributed by atoms with Gasteiger partial charge in [0.15, 0.2) is 0 Å². The van der Waals surface area contributed by atoms with Crippen LogP contribution in [0.25, 0.3) is 0 Å². The van der Waals surface area contributed by atoms with Crippen LogP contribution < -0.4 is 0 Å². The van der Waals surface area contributed by atoms with E-state index in [1.54, 1.807) is 0 Å². The van der Waals surface area contributed by atoms with Crippen molar-refractivity contribution in [3.05, 3.63) is 52.9 Å². The SMILES string of the molecule is COC(=O)C1C(c2ccc(CCc3cc(C)on3)cc2)CC2CCC1N2CCCF. The second-order valence-electron chi connectivity index (χ2n) is 8.64. The van der Waals surface area contributed by atoms with Crippen LogP contribution in [0.1, 0.15) is 54.2 Å². The summed E-state index contributed by atoms with van der Waals surface area (Å²) in [7, 11) is 1.47. The Labute approximate surface area is 177 Å². The molecule has 4 atom stereocenters. The number of hydrogen-bond acceptors (Lipinski definition) is 5. The third-order valence-corrected chi connectivity index (χ3v) is 6.84. The Bertz CT molecular complexity index is 850. The van der Waals surface area contributed by atoms with Crippen LogP contribution >= 0.6 is 0 Å². The number of ether oxygens (including phenoxy) is 1. The third-order valence-electron chi connectivity index (χ3n) is 6.84. The summed E-state index contributed by atoms with van der Waals surface area (Å²) in [4.78, 5) is 15.1. The van der Waals surface area contributed by atoms with Gasteiger partial charge < -0.3 is 9.26 Å². The Kier molecular flexibility index (Phi) is 6.52. The van der Waals surface area contributed by atoms with Crippen LogP contribution in [0.2, 0.25) is 0 Å². The number of esters is 1. The minimum atomic E-state index is -0.308. The molecular weight excluding hydrogens is 383 g/mol. The maximum absolute atomic E-state index is 12.8. The summed E-state index contributed by atoms with van der Waals surface area (Å²) in [6.07, 6.45) is 5.28. The summed E-state index contributed by atoms with van der Waals surface area (Å²) in [5.41, 5.74) is 3.42. The molecule has 2 aromatic rings. The number of piperidine rings is 1. The van der Waals surface area contributed by atoms with Gasteiger partial charge in [-0.1, -0.05) is 29.4 Å². The van der Waals surface area contributed by atoms with Crippen molar-refractivity contribution in [2.75, 3.05) is 20.3 Å². The van der Waals surface area contributed by atoms with Crippen molar-refractivity contribution in [3.8, 4) is 0 Å². The first-order chi connectivity index (χ1) is 14.6. The molecule has 2 bridgehead atoms. The van der Waals surface area contributed by atoms with Crippen LogP contribution in [0.5, 0.6) is 0 Å². The minimum absolute atomic E-state index is 0.138. The number of aryl methyl sites for hydroxylation is 3. The van der Waals surface area contributed by atoms with Gasteiger partial charge in [-0.25, -0.2) is 0 Å². The van der Waals surface area contributed by atoms with E-state index in [9.17, 15) is 9.18 Å². The number of nitrogens with zero attached hydrogens (tertiary/aromatic N) is 2. The van der Waals surface area contributed by atoms with Gasteiger partial charge in [-0.2, -0.15) is 0 Å². The summed E-state index contributed by atoms with van der Waals surface area (Å²) in [6, 6.07) is 11.2. The highest BCUT2D eigenvalue weighted by Crippen LogP contribution is 2.47.